The van der Waals surface area contributed by atoms with Gasteiger partial charge in [0.25, 0.3) is 0 Å². The van der Waals surface area contributed by atoms with Crippen LogP contribution in [0.4, 0.5) is 15.8 Å². The van der Waals surface area contributed by atoms with Gasteiger partial charge in [0.05, 0.1) is 37.1 Å². The van der Waals surface area contributed by atoms with Crippen LogP contribution >= 0.6 is 34.2 Å². The van der Waals surface area contributed by atoms with E-state index in [-0.39, 0.29) is 28.0 Å². The van der Waals surface area contributed by atoms with E-state index < -0.39 is 35.1 Å². The Morgan fingerprint density at radius 2 is 1.91 bits per heavy atom. The summed E-state index contributed by atoms with van der Waals surface area (Å²) in [5.41, 5.74) is 1.57. The van der Waals surface area contributed by atoms with Crippen molar-refractivity contribution in [1.82, 2.24) is 5.32 Å². The Balaban J connectivity index is 1.43. The Labute approximate surface area is 293 Å². The maximum absolute atomic E-state index is 16.1. The van der Waals surface area contributed by atoms with Crippen molar-refractivity contribution >= 4 is 57.4 Å². The third kappa shape index (κ3) is 6.46. The number of carbonyl (C=O) groups excluding carboxylic acids is 2. The first kappa shape index (κ1) is 34.0. The number of fused-ring (bicyclic) bond motifs is 2. The molecule has 8 nitrogen and oxygen atoms in total. The smallest absolute Gasteiger partial charge is 0.242 e. The number of nitrogens with one attached hydrogen (secondary N) is 3. The van der Waals surface area contributed by atoms with Gasteiger partial charge in [0.2, 0.25) is 11.8 Å². The van der Waals surface area contributed by atoms with Crippen molar-refractivity contribution < 1.29 is 28.2 Å². The highest BCUT2D eigenvalue weighted by Crippen LogP contribution is 2.57. The highest BCUT2D eigenvalue weighted by Gasteiger charge is 2.66. The van der Waals surface area contributed by atoms with Gasteiger partial charge >= 0.3 is 0 Å². The molecule has 11 heteroatoms. The molecular formula is C36H40ClFIN3O5. The Hall–Kier alpha value is -2.93. The predicted molar refractivity (Wildman–Crippen MR) is 190 cm³/mol. The minimum absolute atomic E-state index is 0.0364. The van der Waals surface area contributed by atoms with Gasteiger partial charge in [0.15, 0.2) is 0 Å². The lowest BCUT2D eigenvalue weighted by atomic mass is 9.62. The molecular weight excluding hydrogens is 736 g/mol. The molecule has 250 valence electrons. The zero-order valence-electron chi connectivity index (χ0n) is 26.9. The van der Waals surface area contributed by atoms with Crippen LogP contribution in [0, 0.1) is 11.2 Å². The summed E-state index contributed by atoms with van der Waals surface area (Å²) >= 11 is 8.64. The monoisotopic (exact) mass is 775 g/mol. The van der Waals surface area contributed by atoms with Crippen LogP contribution in [0.3, 0.4) is 0 Å². The summed E-state index contributed by atoms with van der Waals surface area (Å²) in [5, 5.41) is 9.60. The Kier molecular flexibility index (Phi) is 9.77. The summed E-state index contributed by atoms with van der Waals surface area (Å²) in [6, 6.07) is 14.4. The lowest BCUT2D eigenvalue weighted by Gasteiger charge is -2.37. The van der Waals surface area contributed by atoms with E-state index in [0.29, 0.717) is 42.5 Å². The van der Waals surface area contributed by atoms with E-state index in [1.54, 1.807) is 30.3 Å². The van der Waals surface area contributed by atoms with Gasteiger partial charge < -0.3 is 30.2 Å². The molecule has 0 aromatic heterocycles. The molecule has 4 atom stereocenters. The molecule has 3 aliphatic rings. The zero-order valence-corrected chi connectivity index (χ0v) is 29.8. The van der Waals surface area contributed by atoms with Crippen molar-refractivity contribution in [3.8, 4) is 11.5 Å². The van der Waals surface area contributed by atoms with Gasteiger partial charge in [0.1, 0.15) is 28.8 Å². The second-order valence-corrected chi connectivity index (χ2v) is 14.9. The number of hydrogen-bond acceptors (Lipinski definition) is 6. The van der Waals surface area contributed by atoms with E-state index in [1.165, 1.54) is 13.2 Å². The second-order valence-electron chi connectivity index (χ2n) is 13.7. The standard InChI is InChI=1S/C36H40ClFIN3O5/c1-35(2,3)18-29-36(24-10-8-20(19-39)16-27(24)41-34(36)44)30(23-6-5-7-25(37)31(23)38)32(42-29)33(43)40-26-11-9-22(17-28(26)45-4)47-21-12-14-46-15-13-21/h5-11,16-17,21,29-30,32,42H,12-15,18-19H2,1-4H3,(H,40,43)(H,41,44)/t29-,30-,32+,36+/m0/s1. The maximum Gasteiger partial charge on any atom is 0.242 e. The fourth-order valence-corrected chi connectivity index (χ4v) is 8.01. The third-order valence-electron chi connectivity index (χ3n) is 9.38. The van der Waals surface area contributed by atoms with Crippen LogP contribution in [-0.2, 0) is 24.2 Å². The highest BCUT2D eigenvalue weighted by atomic mass is 127. The molecule has 3 N–H and O–H groups in total. The van der Waals surface area contributed by atoms with Crippen molar-refractivity contribution in [2.24, 2.45) is 5.41 Å². The van der Waals surface area contributed by atoms with Crippen LogP contribution in [0.1, 0.15) is 62.6 Å². The number of hydrogen-bond donors (Lipinski definition) is 3. The van der Waals surface area contributed by atoms with E-state index in [1.807, 2.05) is 18.2 Å². The third-order valence-corrected chi connectivity index (χ3v) is 10.6. The number of rotatable bonds is 8. The first-order valence-corrected chi connectivity index (χ1v) is 17.8. The van der Waals surface area contributed by atoms with Crippen molar-refractivity contribution in [3.63, 3.8) is 0 Å². The SMILES string of the molecule is COc1cc(OC2CCOCC2)ccc1NC(=O)[C@@H]1N[C@@H](CC(C)(C)C)[C@@]2(C(=O)Nc3cc(CI)ccc32)[C@H]1c1cccc(Cl)c1F. The zero-order chi connectivity index (χ0) is 33.5. The Morgan fingerprint density at radius 3 is 2.62 bits per heavy atom. The molecule has 6 rings (SSSR count). The molecule has 3 aliphatic heterocycles. The van der Waals surface area contributed by atoms with E-state index in [0.717, 1.165) is 28.4 Å². The summed E-state index contributed by atoms with van der Waals surface area (Å²) in [4.78, 5) is 28.9. The molecule has 2 saturated heterocycles. The van der Waals surface area contributed by atoms with Crippen LogP contribution in [0.25, 0.3) is 0 Å². The lowest BCUT2D eigenvalue weighted by molar-refractivity contribution is -0.122. The van der Waals surface area contributed by atoms with Gasteiger partial charge in [-0.2, -0.15) is 0 Å². The minimum Gasteiger partial charge on any atom is -0.494 e. The average molecular weight is 776 g/mol. The fourth-order valence-electron chi connectivity index (χ4n) is 7.36. The van der Waals surface area contributed by atoms with Crippen molar-refractivity contribution in [1.29, 1.82) is 0 Å². The number of methoxy groups -OCH3 is 1. The van der Waals surface area contributed by atoms with Crippen molar-refractivity contribution in [3.05, 3.63) is 82.1 Å². The molecule has 2 fully saturated rings. The Bertz CT molecular complexity index is 1680. The number of carbonyl (C=O) groups is 2. The van der Waals surface area contributed by atoms with Gasteiger partial charge in [-0.15, -0.1) is 0 Å². The normalized spacial score (nSPS) is 24.2. The first-order chi connectivity index (χ1) is 22.5. The van der Waals surface area contributed by atoms with Crippen LogP contribution in [0.2, 0.25) is 5.02 Å². The molecule has 0 radical (unpaired) electrons. The van der Waals surface area contributed by atoms with Crippen molar-refractivity contribution in [2.45, 2.75) is 74.0 Å². The molecule has 0 bridgehead atoms. The molecule has 47 heavy (non-hydrogen) atoms. The molecule has 3 heterocycles. The number of ether oxygens (including phenoxy) is 3. The summed E-state index contributed by atoms with van der Waals surface area (Å²) in [7, 11) is 1.53. The number of halogens is 3. The number of benzene rings is 3. The molecule has 0 aliphatic carbocycles. The minimum atomic E-state index is -1.30. The van der Waals surface area contributed by atoms with E-state index in [2.05, 4.69) is 59.3 Å². The molecule has 3 aromatic carbocycles. The highest BCUT2D eigenvalue weighted by molar-refractivity contribution is 14.1. The summed E-state index contributed by atoms with van der Waals surface area (Å²) < 4.78 is 34.2. The van der Waals surface area contributed by atoms with Gasteiger partial charge in [-0.05, 0) is 52.8 Å². The van der Waals surface area contributed by atoms with E-state index >= 15 is 4.39 Å². The van der Waals surface area contributed by atoms with Crippen LogP contribution < -0.4 is 25.4 Å². The quantitative estimate of drug-likeness (QED) is 0.164. The van der Waals surface area contributed by atoms with Gasteiger partial charge in [-0.25, -0.2) is 4.39 Å². The van der Waals surface area contributed by atoms with Gasteiger partial charge in [0, 0.05) is 41.0 Å². The lowest BCUT2D eigenvalue weighted by Crippen LogP contribution is -2.49. The average Bonchev–Trinajstić information content (AvgIpc) is 3.52. The van der Waals surface area contributed by atoms with Gasteiger partial charge in [-0.1, -0.05) is 79.2 Å². The number of alkyl halides is 1. The molecule has 0 unspecified atom stereocenters. The Morgan fingerprint density at radius 1 is 1.15 bits per heavy atom. The molecule has 3 aromatic rings. The fraction of sp³-hybridized carbons (Fsp3) is 0.444. The number of anilines is 2. The van der Waals surface area contributed by atoms with E-state index in [9.17, 15) is 9.59 Å². The predicted octanol–water partition coefficient (Wildman–Crippen LogP) is 7.37. The van der Waals surface area contributed by atoms with Crippen LogP contribution in [0.5, 0.6) is 11.5 Å². The van der Waals surface area contributed by atoms with E-state index in [4.69, 9.17) is 25.8 Å². The number of amides is 2. The molecule has 2 amide bonds. The summed E-state index contributed by atoms with van der Waals surface area (Å²) in [6.07, 6.45) is 2.17. The summed E-state index contributed by atoms with van der Waals surface area (Å²) in [5.74, 6) is -1.23. The van der Waals surface area contributed by atoms with Crippen LogP contribution in [0.15, 0.2) is 54.6 Å². The van der Waals surface area contributed by atoms with Gasteiger partial charge in [-0.3, -0.25) is 9.59 Å². The second kappa shape index (κ2) is 13.5. The first-order valence-electron chi connectivity index (χ1n) is 15.9. The molecule has 0 saturated carbocycles. The maximum atomic E-state index is 16.1. The largest absolute Gasteiger partial charge is 0.494 e. The topological polar surface area (TPSA) is 97.9 Å². The molecule has 1 spiro atoms. The van der Waals surface area contributed by atoms with Crippen LogP contribution in [-0.4, -0.2) is 50.3 Å². The van der Waals surface area contributed by atoms with Crippen molar-refractivity contribution in [2.75, 3.05) is 31.0 Å². The summed E-state index contributed by atoms with van der Waals surface area (Å²) in [6.45, 7) is 7.57.